The first-order valence-electron chi connectivity index (χ1n) is 5.62. The Morgan fingerprint density at radius 3 is 2.60 bits per heavy atom. The second kappa shape index (κ2) is 5.80. The molecule has 2 rings (SSSR count). The first-order valence-corrected chi connectivity index (χ1v) is 6.94. The lowest BCUT2D eigenvalue weighted by Gasteiger charge is -2.06. The van der Waals surface area contributed by atoms with Crippen LogP contribution < -0.4 is 5.73 Å². The lowest BCUT2D eigenvalue weighted by Crippen LogP contribution is -2.01. The molecular formula is C14H10F2N2OS. The summed E-state index contributed by atoms with van der Waals surface area (Å²) in [5, 5.41) is 8.76. The van der Waals surface area contributed by atoms with Crippen molar-refractivity contribution < 1.29 is 13.0 Å². The van der Waals surface area contributed by atoms with Crippen LogP contribution in [0.5, 0.6) is 0 Å². The lowest BCUT2D eigenvalue weighted by atomic mass is 10.1. The lowest BCUT2D eigenvalue weighted by molar-refractivity contribution is 0.614. The zero-order chi connectivity index (χ0) is 14.7. The van der Waals surface area contributed by atoms with Crippen molar-refractivity contribution in [3.8, 4) is 6.07 Å². The number of hydrogen-bond acceptors (Lipinski definition) is 3. The maximum atomic E-state index is 13.6. The molecule has 6 heteroatoms. The Morgan fingerprint density at radius 1 is 1.20 bits per heavy atom. The van der Waals surface area contributed by atoms with Gasteiger partial charge in [0.2, 0.25) is 0 Å². The van der Waals surface area contributed by atoms with Gasteiger partial charge in [0, 0.05) is 16.1 Å². The maximum Gasteiger partial charge on any atom is 0.127 e. The number of nitrogen functional groups attached to an aromatic ring is 1. The topological polar surface area (TPSA) is 66.9 Å². The molecular weight excluding hydrogens is 282 g/mol. The third-order valence-electron chi connectivity index (χ3n) is 2.62. The van der Waals surface area contributed by atoms with Crippen molar-refractivity contribution in [3.63, 3.8) is 0 Å². The third kappa shape index (κ3) is 3.19. The number of hydrogen-bond donors (Lipinski definition) is 1. The van der Waals surface area contributed by atoms with E-state index in [0.29, 0.717) is 0 Å². The molecule has 0 aliphatic heterocycles. The van der Waals surface area contributed by atoms with Crippen molar-refractivity contribution in [2.75, 3.05) is 5.73 Å². The highest BCUT2D eigenvalue weighted by molar-refractivity contribution is 7.84. The summed E-state index contributed by atoms with van der Waals surface area (Å²) in [6.45, 7) is 0. The number of nitriles is 1. The van der Waals surface area contributed by atoms with E-state index in [1.165, 1.54) is 18.2 Å². The summed E-state index contributed by atoms with van der Waals surface area (Å²) in [6.07, 6.45) is 0. The number of halogens is 2. The van der Waals surface area contributed by atoms with E-state index in [0.717, 1.165) is 18.2 Å². The average Bonchev–Trinajstić information content (AvgIpc) is 2.40. The number of anilines is 1. The number of rotatable bonds is 3. The Morgan fingerprint density at radius 2 is 1.95 bits per heavy atom. The summed E-state index contributed by atoms with van der Waals surface area (Å²) in [6, 6.07) is 9.27. The molecule has 102 valence electrons. The van der Waals surface area contributed by atoms with Crippen LogP contribution in [0.4, 0.5) is 14.5 Å². The molecule has 0 fully saturated rings. The van der Waals surface area contributed by atoms with Crippen LogP contribution in [0.25, 0.3) is 0 Å². The number of nitrogens with two attached hydrogens (primary N) is 1. The molecule has 0 saturated carbocycles. The Labute approximate surface area is 117 Å². The van der Waals surface area contributed by atoms with Gasteiger partial charge in [-0.2, -0.15) is 5.26 Å². The van der Waals surface area contributed by atoms with Crippen LogP contribution in [0.2, 0.25) is 0 Å². The van der Waals surface area contributed by atoms with Gasteiger partial charge in [0.25, 0.3) is 0 Å². The second-order valence-corrected chi connectivity index (χ2v) is 5.58. The highest BCUT2D eigenvalue weighted by atomic mass is 32.2. The standard InChI is InChI=1S/C14H10F2N2OS/c15-11-4-12(18)6-13(5-11)20(19)8-10-3-9(7-17)1-2-14(10)16/h1-6H,8,18H2. The van der Waals surface area contributed by atoms with Crippen molar-refractivity contribution in [3.05, 3.63) is 59.2 Å². The van der Waals surface area contributed by atoms with Gasteiger partial charge in [0.05, 0.1) is 28.2 Å². The van der Waals surface area contributed by atoms with E-state index < -0.39 is 22.4 Å². The molecule has 0 heterocycles. The van der Waals surface area contributed by atoms with Gasteiger partial charge in [-0.3, -0.25) is 4.21 Å². The molecule has 3 nitrogen and oxygen atoms in total. The van der Waals surface area contributed by atoms with Gasteiger partial charge in [-0.05, 0) is 36.4 Å². The van der Waals surface area contributed by atoms with Crippen molar-refractivity contribution in [1.82, 2.24) is 0 Å². The summed E-state index contributed by atoms with van der Waals surface area (Å²) >= 11 is 0. The highest BCUT2D eigenvalue weighted by Gasteiger charge is 2.11. The fourth-order valence-corrected chi connectivity index (χ4v) is 2.88. The largest absolute Gasteiger partial charge is 0.399 e. The van der Waals surface area contributed by atoms with E-state index in [1.807, 2.05) is 6.07 Å². The molecule has 0 saturated heterocycles. The molecule has 0 aromatic heterocycles. The first-order chi connectivity index (χ1) is 9.49. The molecule has 2 aromatic rings. The van der Waals surface area contributed by atoms with Crippen LogP contribution in [0.15, 0.2) is 41.3 Å². The van der Waals surface area contributed by atoms with Gasteiger partial charge < -0.3 is 5.73 Å². The van der Waals surface area contributed by atoms with Crippen LogP contribution in [0.1, 0.15) is 11.1 Å². The van der Waals surface area contributed by atoms with Crippen molar-refractivity contribution in [1.29, 1.82) is 5.26 Å². The van der Waals surface area contributed by atoms with E-state index in [-0.39, 0.29) is 27.5 Å². The average molecular weight is 292 g/mol. The normalized spacial score (nSPS) is 11.8. The van der Waals surface area contributed by atoms with E-state index >= 15 is 0 Å². The van der Waals surface area contributed by atoms with Gasteiger partial charge in [-0.15, -0.1) is 0 Å². The number of benzene rings is 2. The van der Waals surface area contributed by atoms with E-state index in [2.05, 4.69) is 0 Å². The molecule has 0 bridgehead atoms. The van der Waals surface area contributed by atoms with Gasteiger partial charge in [-0.1, -0.05) is 0 Å². The summed E-state index contributed by atoms with van der Waals surface area (Å²) < 4.78 is 38.9. The Hall–Kier alpha value is -2.26. The van der Waals surface area contributed by atoms with Crippen LogP contribution in [0.3, 0.4) is 0 Å². The molecule has 1 atom stereocenters. The summed E-state index contributed by atoms with van der Waals surface area (Å²) in [5.41, 5.74) is 6.05. The third-order valence-corrected chi connectivity index (χ3v) is 3.95. The molecule has 0 aliphatic carbocycles. The minimum Gasteiger partial charge on any atom is -0.399 e. The van der Waals surface area contributed by atoms with Gasteiger partial charge in [0.1, 0.15) is 11.6 Å². The van der Waals surface area contributed by atoms with Crippen molar-refractivity contribution in [2.45, 2.75) is 10.6 Å². The SMILES string of the molecule is N#Cc1ccc(F)c(CS(=O)c2cc(N)cc(F)c2)c1. The Balaban J connectivity index is 2.30. The summed E-state index contributed by atoms with van der Waals surface area (Å²) in [7, 11) is -1.64. The van der Waals surface area contributed by atoms with Crippen molar-refractivity contribution in [2.24, 2.45) is 0 Å². The summed E-state index contributed by atoms with van der Waals surface area (Å²) in [5.74, 6) is -1.30. The zero-order valence-corrected chi connectivity index (χ0v) is 11.1. The second-order valence-electron chi connectivity index (χ2n) is 4.13. The smallest absolute Gasteiger partial charge is 0.127 e. The Bertz CT molecular complexity index is 705. The molecule has 0 amide bonds. The van der Waals surface area contributed by atoms with Gasteiger partial charge in [0.15, 0.2) is 0 Å². The quantitative estimate of drug-likeness (QED) is 0.884. The summed E-state index contributed by atoms with van der Waals surface area (Å²) in [4.78, 5) is 0.185. The zero-order valence-electron chi connectivity index (χ0n) is 10.3. The minimum absolute atomic E-state index is 0.144. The van der Waals surface area contributed by atoms with Crippen molar-refractivity contribution >= 4 is 16.5 Å². The fourth-order valence-electron chi connectivity index (χ4n) is 1.70. The molecule has 0 radical (unpaired) electrons. The maximum absolute atomic E-state index is 13.6. The minimum atomic E-state index is -1.64. The van der Waals surface area contributed by atoms with Crippen LogP contribution >= 0.6 is 0 Å². The van der Waals surface area contributed by atoms with E-state index in [9.17, 15) is 13.0 Å². The molecule has 0 aliphatic rings. The van der Waals surface area contributed by atoms with E-state index in [1.54, 1.807) is 0 Å². The monoisotopic (exact) mass is 292 g/mol. The molecule has 1 unspecified atom stereocenters. The molecule has 2 aromatic carbocycles. The molecule has 20 heavy (non-hydrogen) atoms. The predicted octanol–water partition coefficient (Wildman–Crippen LogP) is 2.73. The van der Waals surface area contributed by atoms with Crippen LogP contribution in [-0.4, -0.2) is 4.21 Å². The fraction of sp³-hybridized carbons (Fsp3) is 0.0714. The van der Waals surface area contributed by atoms with Gasteiger partial charge in [-0.25, -0.2) is 8.78 Å². The first kappa shape index (κ1) is 14.2. The van der Waals surface area contributed by atoms with Crippen LogP contribution in [0, 0.1) is 23.0 Å². The Kier molecular flexibility index (Phi) is 4.11. The highest BCUT2D eigenvalue weighted by Crippen LogP contribution is 2.19. The van der Waals surface area contributed by atoms with Gasteiger partial charge >= 0.3 is 0 Å². The van der Waals surface area contributed by atoms with Crippen LogP contribution in [-0.2, 0) is 16.6 Å². The molecule has 2 N–H and O–H groups in total. The number of nitrogens with zero attached hydrogens (tertiary/aromatic N) is 1. The molecule has 0 spiro atoms. The predicted molar refractivity (Wildman–Crippen MR) is 72.0 cm³/mol. The van der Waals surface area contributed by atoms with E-state index in [4.69, 9.17) is 11.0 Å².